The number of fused-ring (bicyclic) bond motifs is 2. The first kappa shape index (κ1) is 24.5. The van der Waals surface area contributed by atoms with Crippen LogP contribution < -0.4 is 14.2 Å². The maximum atomic E-state index is 13.8. The van der Waals surface area contributed by atoms with Crippen molar-refractivity contribution in [2.75, 3.05) is 53.2 Å². The molecule has 3 aromatic carbocycles. The van der Waals surface area contributed by atoms with Gasteiger partial charge in [0.1, 0.15) is 29.4 Å². The third-order valence-corrected chi connectivity index (χ3v) is 7.20. The van der Waals surface area contributed by atoms with Crippen LogP contribution in [0.5, 0.6) is 17.2 Å². The number of nitrogens with zero attached hydrogens (tertiary/aromatic N) is 1. The molecule has 0 N–H and O–H groups in total. The first-order valence-electron chi connectivity index (χ1n) is 13.1. The average Bonchev–Trinajstić information content (AvgIpc) is 3.34. The van der Waals surface area contributed by atoms with E-state index in [1.54, 1.807) is 19.2 Å². The minimum Gasteiger partial charge on any atom is -0.497 e. The number of ether oxygens (including phenoxy) is 4. The summed E-state index contributed by atoms with van der Waals surface area (Å²) in [5, 5.41) is 0.908. The van der Waals surface area contributed by atoms with Crippen LogP contribution in [0, 0.1) is 0 Å². The molecule has 1 fully saturated rings. The van der Waals surface area contributed by atoms with Crippen molar-refractivity contribution in [1.82, 2.24) is 4.90 Å². The van der Waals surface area contributed by atoms with E-state index in [1.165, 1.54) is 0 Å². The van der Waals surface area contributed by atoms with E-state index in [0.29, 0.717) is 30.1 Å². The Labute approximate surface area is 221 Å². The van der Waals surface area contributed by atoms with Crippen LogP contribution in [0.1, 0.15) is 28.1 Å². The van der Waals surface area contributed by atoms with Gasteiger partial charge in [0, 0.05) is 42.2 Å². The van der Waals surface area contributed by atoms with Gasteiger partial charge in [-0.05, 0) is 66.4 Å². The lowest BCUT2D eigenvalue weighted by atomic mass is 9.95. The van der Waals surface area contributed by atoms with Crippen LogP contribution in [0.15, 0.2) is 65.1 Å². The van der Waals surface area contributed by atoms with Gasteiger partial charge in [-0.1, -0.05) is 12.1 Å². The topological polar surface area (TPSA) is 70.4 Å². The average molecular weight is 514 g/mol. The van der Waals surface area contributed by atoms with Crippen LogP contribution in [-0.4, -0.2) is 63.9 Å². The summed E-state index contributed by atoms with van der Waals surface area (Å²) in [5.41, 5.74) is 4.00. The smallest absolute Gasteiger partial charge is 0.228 e. The van der Waals surface area contributed by atoms with Gasteiger partial charge in [-0.15, -0.1) is 0 Å². The van der Waals surface area contributed by atoms with Crippen LogP contribution in [0.25, 0.3) is 22.1 Å². The molecule has 7 heteroatoms. The van der Waals surface area contributed by atoms with Crippen molar-refractivity contribution < 1.29 is 28.2 Å². The molecule has 3 heterocycles. The molecule has 0 bridgehead atoms. The number of rotatable bonds is 8. The van der Waals surface area contributed by atoms with Gasteiger partial charge >= 0.3 is 0 Å². The van der Waals surface area contributed by atoms with E-state index in [1.807, 2.05) is 42.5 Å². The highest BCUT2D eigenvalue weighted by atomic mass is 16.5. The molecule has 0 unspecified atom stereocenters. The largest absolute Gasteiger partial charge is 0.497 e. The Bertz CT molecular complexity index is 1420. The number of aryl methyl sites for hydroxylation is 1. The molecule has 2 aliphatic heterocycles. The first-order valence-corrected chi connectivity index (χ1v) is 13.1. The second kappa shape index (κ2) is 10.9. The highest BCUT2D eigenvalue weighted by Gasteiger charge is 2.25. The zero-order chi connectivity index (χ0) is 25.9. The standard InChI is InChI=1S/C31H31NO6/c1-34-24-8-4-21(5-9-24)29-26-19-23-3-2-15-37-27(23)20-28(26)38-31(29)30(33)22-6-10-25(11-7-22)36-18-14-32-12-16-35-17-13-32/h4-11,19-20H,2-3,12-18H2,1H3. The number of furan rings is 1. The molecule has 7 nitrogen and oxygen atoms in total. The molecule has 0 aliphatic carbocycles. The Morgan fingerprint density at radius 2 is 1.71 bits per heavy atom. The van der Waals surface area contributed by atoms with E-state index in [9.17, 15) is 4.79 Å². The predicted molar refractivity (Wildman–Crippen MR) is 145 cm³/mol. The van der Waals surface area contributed by atoms with Gasteiger partial charge in [-0.25, -0.2) is 0 Å². The number of ketones is 1. The van der Waals surface area contributed by atoms with Gasteiger partial charge in [0.15, 0.2) is 5.76 Å². The van der Waals surface area contributed by atoms with Gasteiger partial charge in [-0.2, -0.15) is 0 Å². The zero-order valence-electron chi connectivity index (χ0n) is 21.5. The van der Waals surface area contributed by atoms with Gasteiger partial charge in [0.2, 0.25) is 5.78 Å². The minimum absolute atomic E-state index is 0.175. The Morgan fingerprint density at radius 3 is 2.47 bits per heavy atom. The van der Waals surface area contributed by atoms with Crippen molar-refractivity contribution in [1.29, 1.82) is 0 Å². The fourth-order valence-corrected chi connectivity index (χ4v) is 5.10. The summed E-state index contributed by atoms with van der Waals surface area (Å²) in [6.45, 7) is 5.53. The number of hydrogen-bond acceptors (Lipinski definition) is 7. The maximum Gasteiger partial charge on any atom is 0.228 e. The van der Waals surface area contributed by atoms with Crippen LogP contribution in [-0.2, 0) is 11.2 Å². The predicted octanol–water partition coefficient (Wildman–Crippen LogP) is 5.38. The molecular formula is C31H31NO6. The zero-order valence-corrected chi connectivity index (χ0v) is 21.5. The van der Waals surface area contributed by atoms with Gasteiger partial charge < -0.3 is 23.4 Å². The van der Waals surface area contributed by atoms with Crippen molar-refractivity contribution in [3.63, 3.8) is 0 Å². The molecular weight excluding hydrogens is 482 g/mol. The number of carbonyl (C=O) groups is 1. The van der Waals surface area contributed by atoms with E-state index in [4.69, 9.17) is 23.4 Å². The highest BCUT2D eigenvalue weighted by molar-refractivity contribution is 6.16. The lowest BCUT2D eigenvalue weighted by Crippen LogP contribution is -2.38. The fraction of sp³-hybridized carbons (Fsp3) is 0.323. The normalized spacial score (nSPS) is 15.6. The van der Waals surface area contributed by atoms with Gasteiger partial charge in [0.05, 0.1) is 26.9 Å². The lowest BCUT2D eigenvalue weighted by molar-refractivity contribution is 0.0322. The maximum absolute atomic E-state index is 13.8. The Hall–Kier alpha value is -3.81. The molecule has 0 atom stereocenters. The molecule has 6 rings (SSSR count). The lowest BCUT2D eigenvalue weighted by Gasteiger charge is -2.26. The second-order valence-corrected chi connectivity index (χ2v) is 9.60. The number of benzene rings is 3. The number of morpholine rings is 1. The molecule has 4 aromatic rings. The second-order valence-electron chi connectivity index (χ2n) is 9.60. The van der Waals surface area contributed by atoms with E-state index in [0.717, 1.165) is 85.0 Å². The number of methoxy groups -OCH3 is 1. The summed E-state index contributed by atoms with van der Waals surface area (Å²) >= 11 is 0. The number of carbonyl (C=O) groups excluding carboxylic acids is 1. The van der Waals surface area contributed by atoms with E-state index in [2.05, 4.69) is 11.0 Å². The van der Waals surface area contributed by atoms with E-state index >= 15 is 0 Å². The SMILES string of the molecule is COc1ccc(-c2c(C(=O)c3ccc(OCCN4CCOCC4)cc3)oc3cc4c(cc23)CCCO4)cc1. The third kappa shape index (κ3) is 4.99. The summed E-state index contributed by atoms with van der Waals surface area (Å²) in [5.74, 6) is 2.46. The molecule has 0 amide bonds. The third-order valence-electron chi connectivity index (χ3n) is 7.20. The van der Waals surface area contributed by atoms with Crippen molar-refractivity contribution in [3.8, 4) is 28.4 Å². The Morgan fingerprint density at radius 1 is 0.947 bits per heavy atom. The highest BCUT2D eigenvalue weighted by Crippen LogP contribution is 2.40. The van der Waals surface area contributed by atoms with Crippen LogP contribution >= 0.6 is 0 Å². The van der Waals surface area contributed by atoms with Crippen molar-refractivity contribution in [3.05, 3.63) is 77.6 Å². The van der Waals surface area contributed by atoms with Crippen LogP contribution in [0.3, 0.4) is 0 Å². The van der Waals surface area contributed by atoms with Crippen LogP contribution in [0.2, 0.25) is 0 Å². The molecule has 196 valence electrons. The molecule has 2 aliphatic rings. The summed E-state index contributed by atoms with van der Waals surface area (Å²) in [4.78, 5) is 16.1. The Balaban J connectivity index is 1.29. The molecule has 1 saturated heterocycles. The summed E-state index contributed by atoms with van der Waals surface area (Å²) in [7, 11) is 1.64. The van der Waals surface area contributed by atoms with Crippen molar-refractivity contribution >= 4 is 16.8 Å². The first-order chi connectivity index (χ1) is 18.7. The fourth-order valence-electron chi connectivity index (χ4n) is 5.10. The van der Waals surface area contributed by atoms with Gasteiger partial charge in [-0.3, -0.25) is 9.69 Å². The van der Waals surface area contributed by atoms with Gasteiger partial charge in [0.25, 0.3) is 0 Å². The summed E-state index contributed by atoms with van der Waals surface area (Å²) in [6, 6.07) is 19.0. The van der Waals surface area contributed by atoms with Crippen molar-refractivity contribution in [2.24, 2.45) is 0 Å². The Kier molecular flexibility index (Phi) is 7.03. The molecule has 0 saturated carbocycles. The van der Waals surface area contributed by atoms with E-state index < -0.39 is 0 Å². The summed E-state index contributed by atoms with van der Waals surface area (Å²) in [6.07, 6.45) is 1.91. The molecule has 1 aromatic heterocycles. The monoisotopic (exact) mass is 513 g/mol. The summed E-state index contributed by atoms with van der Waals surface area (Å²) < 4.78 is 28.8. The van der Waals surface area contributed by atoms with E-state index in [-0.39, 0.29) is 5.78 Å². The van der Waals surface area contributed by atoms with Crippen molar-refractivity contribution in [2.45, 2.75) is 12.8 Å². The van der Waals surface area contributed by atoms with Crippen LogP contribution in [0.4, 0.5) is 0 Å². The minimum atomic E-state index is -0.175. The quantitative estimate of drug-likeness (QED) is 0.293. The molecule has 0 spiro atoms. The molecule has 0 radical (unpaired) electrons. The molecule has 38 heavy (non-hydrogen) atoms. The number of hydrogen-bond donors (Lipinski definition) is 0.